The van der Waals surface area contributed by atoms with E-state index in [-0.39, 0.29) is 12.3 Å². The Labute approximate surface area is 160 Å². The molecule has 0 fully saturated rings. The van der Waals surface area contributed by atoms with E-state index in [9.17, 15) is 4.79 Å². The molecular formula is C20H18N4O4. The number of para-hydroxylation sites is 1. The summed E-state index contributed by atoms with van der Waals surface area (Å²) in [5, 5.41) is 10.8. The summed E-state index contributed by atoms with van der Waals surface area (Å²) in [6.07, 6.45) is 2.13. The third kappa shape index (κ3) is 3.71. The van der Waals surface area contributed by atoms with E-state index in [1.54, 1.807) is 25.3 Å². The molecule has 0 saturated carbocycles. The van der Waals surface area contributed by atoms with Crippen molar-refractivity contribution in [3.63, 3.8) is 0 Å². The number of anilines is 1. The summed E-state index contributed by atoms with van der Waals surface area (Å²) in [4.78, 5) is 16.9. The number of aryl methyl sites for hydroxylation is 2. The lowest BCUT2D eigenvalue weighted by Gasteiger charge is -2.09. The average molecular weight is 378 g/mol. The first-order chi connectivity index (χ1) is 13.6. The third-order valence-corrected chi connectivity index (χ3v) is 4.36. The van der Waals surface area contributed by atoms with Crippen LogP contribution in [0.2, 0.25) is 0 Å². The number of carbonyl (C=O) groups is 1. The van der Waals surface area contributed by atoms with Crippen molar-refractivity contribution in [2.45, 2.75) is 26.7 Å². The van der Waals surface area contributed by atoms with Gasteiger partial charge in [0.2, 0.25) is 17.6 Å². The van der Waals surface area contributed by atoms with Crippen LogP contribution in [0.15, 0.2) is 56.1 Å². The molecule has 3 aromatic heterocycles. The van der Waals surface area contributed by atoms with E-state index in [2.05, 4.69) is 20.6 Å². The molecule has 8 nitrogen and oxygen atoms in total. The van der Waals surface area contributed by atoms with Crippen LogP contribution in [0.5, 0.6) is 0 Å². The third-order valence-electron chi connectivity index (χ3n) is 4.36. The first kappa shape index (κ1) is 17.7. The van der Waals surface area contributed by atoms with Gasteiger partial charge in [0, 0.05) is 11.3 Å². The van der Waals surface area contributed by atoms with Crippen molar-refractivity contribution in [1.82, 2.24) is 15.3 Å². The number of furan rings is 1. The molecular weight excluding hydrogens is 360 g/mol. The lowest BCUT2D eigenvalue weighted by molar-refractivity contribution is -0.115. The van der Waals surface area contributed by atoms with Crippen LogP contribution in [0, 0.1) is 13.8 Å². The molecule has 4 aromatic rings. The number of nitrogens with one attached hydrogen (secondary N) is 1. The molecule has 1 aromatic carbocycles. The highest BCUT2D eigenvalue weighted by Crippen LogP contribution is 2.22. The van der Waals surface area contributed by atoms with Crippen LogP contribution in [0.25, 0.3) is 11.6 Å². The molecule has 8 heteroatoms. The van der Waals surface area contributed by atoms with Gasteiger partial charge in [-0.1, -0.05) is 28.5 Å². The lowest BCUT2D eigenvalue weighted by atomic mass is 10.1. The van der Waals surface area contributed by atoms with Gasteiger partial charge >= 0.3 is 0 Å². The first-order valence-corrected chi connectivity index (χ1v) is 8.76. The van der Waals surface area contributed by atoms with Gasteiger partial charge in [0.05, 0.1) is 24.8 Å². The molecule has 0 radical (unpaired) electrons. The van der Waals surface area contributed by atoms with Crippen LogP contribution in [-0.4, -0.2) is 21.2 Å². The van der Waals surface area contributed by atoms with E-state index in [4.69, 9.17) is 13.5 Å². The van der Waals surface area contributed by atoms with Crippen LogP contribution in [0.1, 0.15) is 28.5 Å². The zero-order chi connectivity index (χ0) is 19.5. The quantitative estimate of drug-likeness (QED) is 0.545. The molecule has 0 spiro atoms. The van der Waals surface area contributed by atoms with Crippen LogP contribution < -0.4 is 5.32 Å². The molecule has 0 aliphatic rings. The molecule has 0 aliphatic heterocycles. The van der Waals surface area contributed by atoms with E-state index < -0.39 is 0 Å². The maximum Gasteiger partial charge on any atom is 0.238 e. The minimum Gasteiger partial charge on any atom is -0.461 e. The monoisotopic (exact) mass is 378 g/mol. The molecule has 142 valence electrons. The molecule has 1 N–H and O–H groups in total. The maximum atomic E-state index is 12.5. The predicted octanol–water partition coefficient (Wildman–Crippen LogP) is 3.71. The Kier molecular flexibility index (Phi) is 4.76. The van der Waals surface area contributed by atoms with Crippen molar-refractivity contribution < 1.29 is 18.3 Å². The van der Waals surface area contributed by atoms with E-state index >= 15 is 0 Å². The van der Waals surface area contributed by atoms with Crippen molar-refractivity contribution in [2.75, 3.05) is 5.32 Å². The number of amides is 1. The van der Waals surface area contributed by atoms with Gasteiger partial charge in [0.25, 0.3) is 0 Å². The number of hydrogen-bond acceptors (Lipinski definition) is 7. The average Bonchev–Trinajstić information content (AvgIpc) is 3.42. The second-order valence-corrected chi connectivity index (χ2v) is 6.35. The highest BCUT2D eigenvalue weighted by Gasteiger charge is 2.16. The fraction of sp³-hybridized carbons (Fsp3) is 0.200. The van der Waals surface area contributed by atoms with Gasteiger partial charge in [-0.25, -0.2) is 0 Å². The van der Waals surface area contributed by atoms with Gasteiger partial charge < -0.3 is 18.8 Å². The Balaban J connectivity index is 1.49. The summed E-state index contributed by atoms with van der Waals surface area (Å²) in [7, 11) is 0. The van der Waals surface area contributed by atoms with Crippen molar-refractivity contribution in [3.8, 4) is 11.6 Å². The number of benzene rings is 1. The number of carbonyl (C=O) groups excluding carboxylic acids is 1. The molecule has 0 aliphatic carbocycles. The van der Waals surface area contributed by atoms with E-state index in [1.807, 2.05) is 31.2 Å². The van der Waals surface area contributed by atoms with Gasteiger partial charge in [-0.15, -0.1) is 0 Å². The van der Waals surface area contributed by atoms with Crippen LogP contribution in [0.3, 0.4) is 0 Å². The largest absolute Gasteiger partial charge is 0.461 e. The number of rotatable bonds is 6. The minimum atomic E-state index is -0.149. The molecule has 0 saturated heterocycles. The topological polar surface area (TPSA) is 107 Å². The van der Waals surface area contributed by atoms with Crippen LogP contribution >= 0.6 is 0 Å². The van der Waals surface area contributed by atoms with Crippen LogP contribution in [-0.2, 0) is 17.6 Å². The van der Waals surface area contributed by atoms with Crippen LogP contribution in [0.4, 0.5) is 5.69 Å². The number of hydrogen-bond donors (Lipinski definition) is 1. The smallest absolute Gasteiger partial charge is 0.238 e. The second kappa shape index (κ2) is 7.51. The molecule has 0 bridgehead atoms. The first-order valence-electron chi connectivity index (χ1n) is 8.76. The Morgan fingerprint density at radius 3 is 2.68 bits per heavy atom. The summed E-state index contributed by atoms with van der Waals surface area (Å²) >= 11 is 0. The van der Waals surface area contributed by atoms with Gasteiger partial charge in [-0.3, -0.25) is 4.79 Å². The van der Waals surface area contributed by atoms with E-state index in [0.717, 1.165) is 16.8 Å². The normalized spacial score (nSPS) is 10.9. The van der Waals surface area contributed by atoms with Crippen molar-refractivity contribution in [1.29, 1.82) is 0 Å². The maximum absolute atomic E-state index is 12.5. The van der Waals surface area contributed by atoms with Gasteiger partial charge in [0.1, 0.15) is 5.76 Å². The van der Waals surface area contributed by atoms with Crippen molar-refractivity contribution in [3.05, 3.63) is 71.1 Å². The standard InChI is InChI=1S/C20H18N4O4/c1-12-15(13(2)27-23-12)11-18(25)21-16-7-4-3-6-14(16)10-19-22-20(24-28-19)17-8-5-9-26-17/h3-9H,10-11H2,1-2H3,(H,21,25). The van der Waals surface area contributed by atoms with Gasteiger partial charge in [0.15, 0.2) is 5.76 Å². The zero-order valence-corrected chi connectivity index (χ0v) is 15.4. The molecule has 0 atom stereocenters. The molecule has 3 heterocycles. The second-order valence-electron chi connectivity index (χ2n) is 6.35. The summed E-state index contributed by atoms with van der Waals surface area (Å²) in [6.45, 7) is 3.61. The SMILES string of the molecule is Cc1noc(C)c1CC(=O)Nc1ccccc1Cc1nc(-c2ccco2)no1. The van der Waals surface area contributed by atoms with Gasteiger partial charge in [-0.05, 0) is 37.6 Å². The Morgan fingerprint density at radius 1 is 1.07 bits per heavy atom. The molecule has 1 amide bonds. The lowest BCUT2D eigenvalue weighted by Crippen LogP contribution is -2.16. The zero-order valence-electron chi connectivity index (χ0n) is 15.4. The summed E-state index contributed by atoms with van der Waals surface area (Å²) in [5.74, 6) is 1.86. The Bertz CT molecular complexity index is 1080. The Hall–Kier alpha value is -3.68. The number of aromatic nitrogens is 3. The minimum absolute atomic E-state index is 0.149. The summed E-state index contributed by atoms with van der Waals surface area (Å²) < 4.78 is 15.7. The highest BCUT2D eigenvalue weighted by molar-refractivity contribution is 5.93. The fourth-order valence-corrected chi connectivity index (χ4v) is 2.90. The molecule has 0 unspecified atom stereocenters. The van der Waals surface area contributed by atoms with Crippen molar-refractivity contribution >= 4 is 11.6 Å². The predicted molar refractivity (Wildman–Crippen MR) is 99.6 cm³/mol. The fourth-order valence-electron chi connectivity index (χ4n) is 2.90. The van der Waals surface area contributed by atoms with Crippen molar-refractivity contribution in [2.24, 2.45) is 0 Å². The van der Waals surface area contributed by atoms with E-state index in [0.29, 0.717) is 35.3 Å². The van der Waals surface area contributed by atoms with Gasteiger partial charge in [-0.2, -0.15) is 4.98 Å². The number of nitrogens with zero attached hydrogens (tertiary/aromatic N) is 3. The summed E-state index contributed by atoms with van der Waals surface area (Å²) in [6, 6.07) is 11.0. The summed E-state index contributed by atoms with van der Waals surface area (Å²) in [5.41, 5.74) is 3.08. The van der Waals surface area contributed by atoms with E-state index in [1.165, 1.54) is 0 Å². The highest BCUT2D eigenvalue weighted by atomic mass is 16.5. The Morgan fingerprint density at radius 2 is 1.93 bits per heavy atom. The molecule has 4 rings (SSSR count). The molecule has 28 heavy (non-hydrogen) atoms.